The lowest BCUT2D eigenvalue weighted by molar-refractivity contribution is 0.262. The summed E-state index contributed by atoms with van der Waals surface area (Å²) in [5.41, 5.74) is 1.85. The quantitative estimate of drug-likeness (QED) is 0.762. The highest BCUT2D eigenvalue weighted by Crippen LogP contribution is 2.21. The molecule has 0 saturated heterocycles. The molecule has 0 fully saturated rings. The van der Waals surface area contributed by atoms with Crippen LogP contribution in [0.1, 0.15) is 5.56 Å². The van der Waals surface area contributed by atoms with E-state index in [1.54, 1.807) is 24.3 Å². The summed E-state index contributed by atoms with van der Waals surface area (Å²) in [5, 5.41) is 5.73. The molecule has 104 valence electrons. The van der Waals surface area contributed by atoms with E-state index in [-0.39, 0.29) is 0 Å². The van der Waals surface area contributed by atoms with Gasteiger partial charge in [0.2, 0.25) is 0 Å². The predicted octanol–water partition coefficient (Wildman–Crippen LogP) is 5.19. The van der Waals surface area contributed by atoms with Gasteiger partial charge in [0.25, 0.3) is 0 Å². The molecule has 0 bridgehead atoms. The average Bonchev–Trinajstić information content (AvgIpc) is 2.38. The summed E-state index contributed by atoms with van der Waals surface area (Å²) in [6, 6.07) is 9.07. The fourth-order valence-corrected chi connectivity index (χ4v) is 1.97. The topological polar surface area (TPSA) is 41.1 Å². The molecular weight excluding hydrogens is 347 g/mol. The molecule has 0 saturated carbocycles. The minimum absolute atomic E-state index is 0.341. The van der Waals surface area contributed by atoms with E-state index < -0.39 is 11.8 Å². The van der Waals surface area contributed by atoms with Crippen LogP contribution in [-0.4, -0.2) is 6.03 Å². The first-order valence-electron chi connectivity index (χ1n) is 5.75. The van der Waals surface area contributed by atoms with Crippen LogP contribution in [0.3, 0.4) is 0 Å². The minimum Gasteiger partial charge on any atom is -0.308 e. The number of hydrogen-bond donors (Lipinski definition) is 2. The molecule has 2 amide bonds. The van der Waals surface area contributed by atoms with Crippen molar-refractivity contribution in [2.45, 2.75) is 6.92 Å². The van der Waals surface area contributed by atoms with Crippen LogP contribution in [0.25, 0.3) is 0 Å². The Morgan fingerprint density at radius 2 is 1.75 bits per heavy atom. The van der Waals surface area contributed by atoms with Crippen molar-refractivity contribution in [3.05, 3.63) is 57.3 Å². The van der Waals surface area contributed by atoms with E-state index in [9.17, 15) is 9.18 Å². The van der Waals surface area contributed by atoms with Gasteiger partial charge in [-0.15, -0.1) is 0 Å². The number of carbonyl (C=O) groups is 1. The number of anilines is 2. The van der Waals surface area contributed by atoms with Crippen molar-refractivity contribution < 1.29 is 9.18 Å². The van der Waals surface area contributed by atoms with E-state index in [0.717, 1.165) is 5.56 Å². The van der Waals surface area contributed by atoms with Crippen LogP contribution in [0.2, 0.25) is 5.02 Å². The average molecular weight is 358 g/mol. The molecule has 0 aliphatic rings. The number of halogens is 3. The molecule has 0 spiro atoms. The van der Waals surface area contributed by atoms with Crippen molar-refractivity contribution in [2.24, 2.45) is 0 Å². The Labute approximate surface area is 129 Å². The summed E-state index contributed by atoms with van der Waals surface area (Å²) < 4.78 is 13.7. The minimum atomic E-state index is -0.466. The normalized spacial score (nSPS) is 10.2. The van der Waals surface area contributed by atoms with Gasteiger partial charge in [0, 0.05) is 16.4 Å². The van der Waals surface area contributed by atoms with Crippen molar-refractivity contribution in [3.63, 3.8) is 0 Å². The Kier molecular flexibility index (Phi) is 4.62. The van der Waals surface area contributed by atoms with Gasteiger partial charge in [0.15, 0.2) is 0 Å². The van der Waals surface area contributed by atoms with Crippen LogP contribution >= 0.6 is 27.5 Å². The largest absolute Gasteiger partial charge is 0.323 e. The number of rotatable bonds is 2. The molecule has 6 heteroatoms. The summed E-state index contributed by atoms with van der Waals surface area (Å²) in [4.78, 5) is 11.8. The first kappa shape index (κ1) is 14.8. The maximum Gasteiger partial charge on any atom is 0.323 e. The van der Waals surface area contributed by atoms with E-state index in [1.807, 2.05) is 6.92 Å². The van der Waals surface area contributed by atoms with E-state index in [4.69, 9.17) is 11.6 Å². The molecule has 2 aromatic carbocycles. The molecule has 0 unspecified atom stereocenters. The van der Waals surface area contributed by atoms with Crippen LogP contribution in [0.4, 0.5) is 20.6 Å². The van der Waals surface area contributed by atoms with Crippen molar-refractivity contribution in [1.82, 2.24) is 0 Å². The van der Waals surface area contributed by atoms with Crippen LogP contribution in [0.15, 0.2) is 40.9 Å². The number of carbonyl (C=O) groups excluding carboxylic acids is 1. The second kappa shape index (κ2) is 6.24. The highest BCUT2D eigenvalue weighted by molar-refractivity contribution is 9.10. The lowest BCUT2D eigenvalue weighted by atomic mass is 10.2. The van der Waals surface area contributed by atoms with E-state index in [0.29, 0.717) is 20.9 Å². The number of urea groups is 1. The van der Waals surface area contributed by atoms with Crippen LogP contribution < -0.4 is 10.6 Å². The van der Waals surface area contributed by atoms with Gasteiger partial charge in [0.1, 0.15) is 5.82 Å². The molecule has 0 heterocycles. The number of amides is 2. The van der Waals surface area contributed by atoms with Gasteiger partial charge in [-0.1, -0.05) is 17.7 Å². The van der Waals surface area contributed by atoms with Gasteiger partial charge < -0.3 is 10.6 Å². The summed E-state index contributed by atoms with van der Waals surface area (Å²) in [7, 11) is 0. The van der Waals surface area contributed by atoms with Crippen LogP contribution in [0, 0.1) is 12.7 Å². The Morgan fingerprint density at radius 1 is 1.15 bits per heavy atom. The molecule has 0 radical (unpaired) electrons. The molecule has 0 atom stereocenters. The molecular formula is C14H11BrClFN2O. The van der Waals surface area contributed by atoms with E-state index in [1.165, 1.54) is 12.1 Å². The third-order valence-corrected chi connectivity index (χ3v) is 3.66. The number of aryl methyl sites for hydroxylation is 1. The Bertz CT molecular complexity index is 608. The smallest absolute Gasteiger partial charge is 0.308 e. The first-order chi connectivity index (χ1) is 9.45. The van der Waals surface area contributed by atoms with Gasteiger partial charge >= 0.3 is 6.03 Å². The highest BCUT2D eigenvalue weighted by Gasteiger charge is 2.06. The van der Waals surface area contributed by atoms with Gasteiger partial charge in [-0.2, -0.15) is 0 Å². The Morgan fingerprint density at radius 3 is 2.35 bits per heavy atom. The molecule has 0 aliphatic heterocycles. The molecule has 0 aliphatic carbocycles. The lowest BCUT2D eigenvalue weighted by Crippen LogP contribution is -2.19. The third kappa shape index (κ3) is 3.71. The predicted molar refractivity (Wildman–Crippen MR) is 82.9 cm³/mol. The zero-order valence-corrected chi connectivity index (χ0v) is 12.8. The summed E-state index contributed by atoms with van der Waals surface area (Å²) in [5.74, 6) is -0.443. The molecule has 0 aromatic heterocycles. The summed E-state index contributed by atoms with van der Waals surface area (Å²) in [6.07, 6.45) is 0. The maximum absolute atomic E-state index is 13.3. The molecule has 2 aromatic rings. The van der Waals surface area contributed by atoms with Gasteiger partial charge in [-0.25, -0.2) is 9.18 Å². The highest BCUT2D eigenvalue weighted by atomic mass is 79.9. The first-order valence-corrected chi connectivity index (χ1v) is 6.92. The van der Waals surface area contributed by atoms with Gasteiger partial charge in [-0.05, 0) is 58.7 Å². The molecule has 2 N–H and O–H groups in total. The maximum atomic E-state index is 13.3. The van der Waals surface area contributed by atoms with E-state index in [2.05, 4.69) is 26.6 Å². The second-order valence-corrected chi connectivity index (χ2v) is 5.43. The van der Waals surface area contributed by atoms with E-state index >= 15 is 0 Å². The zero-order chi connectivity index (χ0) is 14.7. The molecule has 20 heavy (non-hydrogen) atoms. The fourth-order valence-electron chi connectivity index (χ4n) is 1.54. The van der Waals surface area contributed by atoms with Gasteiger partial charge in [0.05, 0.1) is 4.47 Å². The standard InChI is InChI=1S/C14H11BrClFN2O/c1-8-2-3-9(6-12(8)16)18-14(20)19-10-4-5-11(15)13(17)7-10/h2-7H,1H3,(H2,18,19,20). The van der Waals surface area contributed by atoms with Crippen molar-refractivity contribution >= 4 is 44.9 Å². The van der Waals surface area contributed by atoms with Crippen molar-refractivity contribution in [1.29, 1.82) is 0 Å². The van der Waals surface area contributed by atoms with Crippen molar-refractivity contribution in [3.8, 4) is 0 Å². The number of benzene rings is 2. The summed E-state index contributed by atoms with van der Waals surface area (Å²) >= 11 is 9.02. The Balaban J connectivity index is 2.04. The monoisotopic (exact) mass is 356 g/mol. The fraction of sp³-hybridized carbons (Fsp3) is 0.0714. The summed E-state index contributed by atoms with van der Waals surface area (Å²) in [6.45, 7) is 1.87. The van der Waals surface area contributed by atoms with Crippen LogP contribution in [-0.2, 0) is 0 Å². The zero-order valence-electron chi connectivity index (χ0n) is 10.5. The van der Waals surface area contributed by atoms with Crippen molar-refractivity contribution in [2.75, 3.05) is 10.6 Å². The van der Waals surface area contributed by atoms with Crippen LogP contribution in [0.5, 0.6) is 0 Å². The third-order valence-electron chi connectivity index (χ3n) is 2.61. The molecule has 2 rings (SSSR count). The lowest BCUT2D eigenvalue weighted by Gasteiger charge is -2.09. The molecule has 3 nitrogen and oxygen atoms in total. The number of nitrogens with one attached hydrogen (secondary N) is 2. The second-order valence-electron chi connectivity index (χ2n) is 4.17. The van der Waals surface area contributed by atoms with Gasteiger partial charge in [-0.3, -0.25) is 0 Å². The SMILES string of the molecule is Cc1ccc(NC(=O)Nc2ccc(Br)c(F)c2)cc1Cl. The Hall–Kier alpha value is -1.59. The number of hydrogen-bond acceptors (Lipinski definition) is 1.